The first-order valence-corrected chi connectivity index (χ1v) is 14.7. The highest BCUT2D eigenvalue weighted by atomic mass is 14.8. The summed E-state index contributed by atoms with van der Waals surface area (Å²) in [5.74, 6) is 0.460. The van der Waals surface area contributed by atoms with Crippen molar-refractivity contribution in [2.75, 3.05) is 0 Å². The van der Waals surface area contributed by atoms with Crippen LogP contribution in [0.1, 0.15) is 84.3 Å². The van der Waals surface area contributed by atoms with Gasteiger partial charge >= 0.3 is 0 Å². The second kappa shape index (κ2) is 12.9. The molecule has 0 saturated carbocycles. The van der Waals surface area contributed by atoms with E-state index in [2.05, 4.69) is 125 Å². The van der Waals surface area contributed by atoms with Crippen molar-refractivity contribution in [3.63, 3.8) is 0 Å². The second-order valence-corrected chi connectivity index (χ2v) is 11.2. The molecule has 0 saturated heterocycles. The maximum absolute atomic E-state index is 5.10. The zero-order valence-corrected chi connectivity index (χ0v) is 25.5. The van der Waals surface area contributed by atoms with E-state index in [1.165, 1.54) is 33.4 Å². The summed E-state index contributed by atoms with van der Waals surface area (Å²) in [5, 5.41) is 0. The van der Waals surface area contributed by atoms with Crippen LogP contribution >= 0.6 is 0 Å². The van der Waals surface area contributed by atoms with E-state index in [0.29, 0.717) is 0 Å². The Morgan fingerprint density at radius 2 is 0.929 bits per heavy atom. The maximum Gasteiger partial charge on any atom is 0.0849 e. The molecular weight excluding hydrogens is 510 g/mol. The first-order chi connectivity index (χ1) is 20.3. The Balaban J connectivity index is 1.47. The van der Waals surface area contributed by atoms with Gasteiger partial charge in [-0.3, -0.25) is 9.98 Å². The Kier molecular flexibility index (Phi) is 8.88. The fraction of sp³-hybridized carbons (Fsp3) is 0.205. The average molecular weight is 550 g/mol. The average Bonchev–Trinajstić information content (AvgIpc) is 3.03. The molecule has 0 fully saturated rings. The molecule has 0 radical (unpaired) electrons. The van der Waals surface area contributed by atoms with E-state index in [1.807, 2.05) is 32.0 Å². The third-order valence-electron chi connectivity index (χ3n) is 7.97. The molecule has 0 aliphatic heterocycles. The summed E-state index contributed by atoms with van der Waals surface area (Å²) in [4.78, 5) is 15.2. The highest BCUT2D eigenvalue weighted by Crippen LogP contribution is 2.34. The van der Waals surface area contributed by atoms with Gasteiger partial charge < -0.3 is 0 Å². The van der Waals surface area contributed by atoms with Crippen LogP contribution in [0.5, 0.6) is 0 Å². The monoisotopic (exact) mass is 549 g/mol. The zero-order valence-electron chi connectivity index (χ0n) is 25.5. The van der Waals surface area contributed by atoms with Crippen molar-refractivity contribution >= 4 is 22.8 Å². The molecule has 0 bridgehead atoms. The van der Waals surface area contributed by atoms with Crippen LogP contribution in [0.3, 0.4) is 0 Å². The van der Waals surface area contributed by atoms with Crippen LogP contribution in [-0.2, 0) is 0 Å². The van der Waals surface area contributed by atoms with Gasteiger partial charge in [0.2, 0.25) is 0 Å². The molecule has 2 unspecified atom stereocenters. The van der Waals surface area contributed by atoms with Crippen LogP contribution in [0.2, 0.25) is 0 Å². The van der Waals surface area contributed by atoms with Crippen molar-refractivity contribution in [3.05, 3.63) is 160 Å². The number of aliphatic imine (C=N–C) groups is 2. The van der Waals surface area contributed by atoms with Gasteiger partial charge in [-0.15, -0.1) is 0 Å². The van der Waals surface area contributed by atoms with Crippen LogP contribution in [0.15, 0.2) is 125 Å². The summed E-state index contributed by atoms with van der Waals surface area (Å²) < 4.78 is 0. The molecule has 0 amide bonds. The number of aromatic nitrogens is 1. The van der Waals surface area contributed by atoms with E-state index in [-0.39, 0.29) is 11.8 Å². The van der Waals surface area contributed by atoms with Crippen LogP contribution < -0.4 is 0 Å². The smallest absolute Gasteiger partial charge is 0.0849 e. The van der Waals surface area contributed by atoms with Gasteiger partial charge in [-0.1, -0.05) is 116 Å². The molecule has 5 rings (SSSR count). The van der Waals surface area contributed by atoms with E-state index in [0.717, 1.165) is 34.2 Å². The van der Waals surface area contributed by atoms with Crippen LogP contribution in [0.4, 0.5) is 11.4 Å². The van der Waals surface area contributed by atoms with E-state index in [9.17, 15) is 0 Å². The molecule has 5 aromatic rings. The summed E-state index contributed by atoms with van der Waals surface area (Å²) in [7, 11) is 0. The molecule has 2 atom stereocenters. The molecule has 42 heavy (non-hydrogen) atoms. The lowest BCUT2D eigenvalue weighted by molar-refractivity contribution is 0.919. The van der Waals surface area contributed by atoms with E-state index >= 15 is 0 Å². The molecule has 0 aliphatic carbocycles. The van der Waals surface area contributed by atoms with E-state index in [4.69, 9.17) is 15.0 Å². The van der Waals surface area contributed by atoms with Gasteiger partial charge in [0.1, 0.15) is 0 Å². The predicted molar refractivity (Wildman–Crippen MR) is 178 cm³/mol. The van der Waals surface area contributed by atoms with Gasteiger partial charge in [0, 0.05) is 11.8 Å². The van der Waals surface area contributed by atoms with Gasteiger partial charge in [0.25, 0.3) is 0 Å². The number of hydrogen-bond acceptors (Lipinski definition) is 3. The Morgan fingerprint density at radius 3 is 1.33 bits per heavy atom. The number of aryl methyl sites for hydroxylation is 2. The molecule has 4 aromatic carbocycles. The number of nitrogens with zero attached hydrogens (tertiary/aromatic N) is 3. The highest BCUT2D eigenvalue weighted by Gasteiger charge is 2.15. The highest BCUT2D eigenvalue weighted by molar-refractivity contribution is 6.02. The van der Waals surface area contributed by atoms with Gasteiger partial charge in [-0.25, -0.2) is 4.98 Å². The molecule has 210 valence electrons. The minimum atomic E-state index is 0.230. The summed E-state index contributed by atoms with van der Waals surface area (Å²) in [6.45, 7) is 12.8. The molecule has 3 heteroatoms. The van der Waals surface area contributed by atoms with Crippen molar-refractivity contribution in [3.8, 4) is 0 Å². The normalized spacial score (nSPS) is 13.6. The first kappa shape index (κ1) is 28.9. The van der Waals surface area contributed by atoms with Crippen LogP contribution in [-0.4, -0.2) is 16.4 Å². The van der Waals surface area contributed by atoms with Gasteiger partial charge in [-0.05, 0) is 74.2 Å². The molecule has 1 aromatic heterocycles. The minimum absolute atomic E-state index is 0.230. The predicted octanol–water partition coefficient (Wildman–Crippen LogP) is 10.3. The van der Waals surface area contributed by atoms with Crippen molar-refractivity contribution in [2.45, 2.75) is 53.4 Å². The number of pyridine rings is 1. The number of benzene rings is 4. The summed E-state index contributed by atoms with van der Waals surface area (Å²) >= 11 is 0. The van der Waals surface area contributed by atoms with Crippen molar-refractivity contribution in [1.29, 1.82) is 0 Å². The molecule has 0 N–H and O–H groups in total. The molecule has 0 spiro atoms. The van der Waals surface area contributed by atoms with Crippen LogP contribution in [0, 0.1) is 13.8 Å². The topological polar surface area (TPSA) is 37.6 Å². The number of rotatable bonds is 8. The fourth-order valence-corrected chi connectivity index (χ4v) is 5.40. The Morgan fingerprint density at radius 1 is 0.524 bits per heavy atom. The standard InChI is InChI=1S/C39H39N3/c1-26-20-22-38(34(24-26)28(3)32-14-9-7-10-15-32)40-30(5)36-18-13-19-37(42-36)31(6)41-39-23-21-27(2)25-35(39)29(4)33-16-11-8-12-17-33/h7-25,28-29H,1-6H3. The lowest BCUT2D eigenvalue weighted by Crippen LogP contribution is -2.06. The Hall–Kier alpha value is -4.63. The Labute approximate surface area is 250 Å². The summed E-state index contributed by atoms with van der Waals surface area (Å²) in [6.07, 6.45) is 0. The number of hydrogen-bond donors (Lipinski definition) is 0. The summed E-state index contributed by atoms with van der Waals surface area (Å²) in [6, 6.07) is 40.3. The molecule has 0 aliphatic rings. The van der Waals surface area contributed by atoms with E-state index in [1.54, 1.807) is 0 Å². The molecule has 3 nitrogen and oxygen atoms in total. The SMILES string of the molecule is CC(=Nc1ccc(C)cc1C(C)c1ccccc1)c1cccc(C(C)=Nc2ccc(C)cc2C(C)c2ccccc2)n1. The first-order valence-electron chi connectivity index (χ1n) is 14.7. The zero-order chi connectivity index (χ0) is 29.6. The lowest BCUT2D eigenvalue weighted by atomic mass is 9.91. The third kappa shape index (κ3) is 6.63. The van der Waals surface area contributed by atoms with Gasteiger partial charge in [-0.2, -0.15) is 0 Å². The van der Waals surface area contributed by atoms with Crippen LogP contribution in [0.25, 0.3) is 0 Å². The van der Waals surface area contributed by atoms with Gasteiger partial charge in [0.05, 0.1) is 34.2 Å². The van der Waals surface area contributed by atoms with Crippen molar-refractivity contribution in [2.24, 2.45) is 9.98 Å². The summed E-state index contributed by atoms with van der Waals surface area (Å²) in [5.41, 5.74) is 12.9. The largest absolute Gasteiger partial charge is 0.251 e. The fourth-order valence-electron chi connectivity index (χ4n) is 5.40. The quantitative estimate of drug-likeness (QED) is 0.177. The van der Waals surface area contributed by atoms with E-state index < -0.39 is 0 Å². The Bertz CT molecular complexity index is 1610. The third-order valence-corrected chi connectivity index (χ3v) is 7.97. The minimum Gasteiger partial charge on any atom is -0.251 e. The van der Waals surface area contributed by atoms with Gasteiger partial charge in [0.15, 0.2) is 0 Å². The second-order valence-electron chi connectivity index (χ2n) is 11.2. The lowest BCUT2D eigenvalue weighted by Gasteiger charge is -2.17. The van der Waals surface area contributed by atoms with Crippen molar-refractivity contribution in [1.82, 2.24) is 4.98 Å². The molecular formula is C39H39N3. The molecule has 1 heterocycles. The van der Waals surface area contributed by atoms with Crippen molar-refractivity contribution < 1.29 is 0 Å². The maximum atomic E-state index is 5.10.